The normalized spacial score (nSPS) is 26.5. The molecule has 0 radical (unpaired) electrons. The van der Waals surface area contributed by atoms with E-state index in [1.807, 2.05) is 6.07 Å². The molecular weight excluding hydrogens is 260 g/mol. The predicted molar refractivity (Wildman–Crippen MR) is 78.9 cm³/mol. The SMILES string of the molecule is NCCc1ccc(Cl)cc1N1CCOC2CCCC21. The molecule has 1 aromatic rings. The van der Waals surface area contributed by atoms with Crippen LogP contribution in [0.2, 0.25) is 5.02 Å². The second-order valence-corrected chi connectivity index (χ2v) is 5.85. The van der Waals surface area contributed by atoms with Gasteiger partial charge >= 0.3 is 0 Å². The van der Waals surface area contributed by atoms with Gasteiger partial charge in [0.15, 0.2) is 0 Å². The van der Waals surface area contributed by atoms with E-state index in [4.69, 9.17) is 22.1 Å². The molecule has 2 N–H and O–H groups in total. The summed E-state index contributed by atoms with van der Waals surface area (Å²) in [5.74, 6) is 0. The van der Waals surface area contributed by atoms with Crippen LogP contribution in [0.25, 0.3) is 0 Å². The Morgan fingerprint density at radius 3 is 3.11 bits per heavy atom. The number of rotatable bonds is 3. The Hall–Kier alpha value is -0.770. The Kier molecular flexibility index (Phi) is 3.96. The topological polar surface area (TPSA) is 38.5 Å². The van der Waals surface area contributed by atoms with Crippen molar-refractivity contribution in [2.45, 2.75) is 37.8 Å². The molecule has 3 nitrogen and oxygen atoms in total. The van der Waals surface area contributed by atoms with Crippen molar-refractivity contribution in [2.75, 3.05) is 24.6 Å². The number of halogens is 1. The van der Waals surface area contributed by atoms with Crippen molar-refractivity contribution in [1.29, 1.82) is 0 Å². The molecule has 1 aromatic carbocycles. The summed E-state index contributed by atoms with van der Waals surface area (Å²) in [6.45, 7) is 2.45. The van der Waals surface area contributed by atoms with Crippen molar-refractivity contribution in [1.82, 2.24) is 0 Å². The molecule has 2 fully saturated rings. The number of fused-ring (bicyclic) bond motifs is 1. The van der Waals surface area contributed by atoms with E-state index in [2.05, 4.69) is 17.0 Å². The highest BCUT2D eigenvalue weighted by Crippen LogP contribution is 2.35. The van der Waals surface area contributed by atoms with Crippen LogP contribution in [0.1, 0.15) is 24.8 Å². The molecule has 1 aliphatic carbocycles. The Morgan fingerprint density at radius 1 is 1.37 bits per heavy atom. The third kappa shape index (κ3) is 2.60. The maximum atomic E-state index is 6.19. The number of ether oxygens (including phenoxy) is 1. The monoisotopic (exact) mass is 280 g/mol. The van der Waals surface area contributed by atoms with Crippen LogP contribution in [-0.2, 0) is 11.2 Å². The van der Waals surface area contributed by atoms with Gasteiger partial charge in [0.1, 0.15) is 0 Å². The number of benzene rings is 1. The molecule has 4 heteroatoms. The molecule has 0 spiro atoms. The highest BCUT2D eigenvalue weighted by molar-refractivity contribution is 6.30. The average Bonchev–Trinajstić information content (AvgIpc) is 2.89. The van der Waals surface area contributed by atoms with E-state index in [-0.39, 0.29) is 0 Å². The molecule has 2 unspecified atom stereocenters. The van der Waals surface area contributed by atoms with E-state index in [9.17, 15) is 0 Å². The van der Waals surface area contributed by atoms with Crippen LogP contribution in [0, 0.1) is 0 Å². The third-order valence-electron chi connectivity index (χ3n) is 4.25. The molecule has 1 aliphatic heterocycles. The minimum Gasteiger partial charge on any atom is -0.374 e. The fourth-order valence-electron chi connectivity index (χ4n) is 3.40. The summed E-state index contributed by atoms with van der Waals surface area (Å²) in [6, 6.07) is 6.68. The van der Waals surface area contributed by atoms with E-state index in [0.29, 0.717) is 18.7 Å². The summed E-state index contributed by atoms with van der Waals surface area (Å²) in [5.41, 5.74) is 8.29. The van der Waals surface area contributed by atoms with Crippen LogP contribution >= 0.6 is 11.6 Å². The lowest BCUT2D eigenvalue weighted by molar-refractivity contribution is 0.0256. The molecular formula is C15H21ClN2O. The van der Waals surface area contributed by atoms with Gasteiger partial charge in [0, 0.05) is 17.3 Å². The first-order valence-electron chi connectivity index (χ1n) is 7.16. The maximum absolute atomic E-state index is 6.19. The van der Waals surface area contributed by atoms with Gasteiger partial charge in [-0.1, -0.05) is 17.7 Å². The summed E-state index contributed by atoms with van der Waals surface area (Å²) >= 11 is 6.19. The van der Waals surface area contributed by atoms with Crippen molar-refractivity contribution in [3.05, 3.63) is 28.8 Å². The second-order valence-electron chi connectivity index (χ2n) is 5.41. The minimum absolute atomic E-state index is 0.401. The standard InChI is InChI=1S/C15H21ClN2O/c16-12-5-4-11(6-7-17)14(10-12)18-8-9-19-15-3-1-2-13(15)18/h4-5,10,13,15H,1-3,6-9,17H2. The van der Waals surface area contributed by atoms with Crippen molar-refractivity contribution in [3.8, 4) is 0 Å². The lowest BCUT2D eigenvalue weighted by atomic mass is 10.0. The second kappa shape index (κ2) is 5.70. The summed E-state index contributed by atoms with van der Waals surface area (Å²) in [7, 11) is 0. The zero-order valence-corrected chi connectivity index (χ0v) is 11.9. The molecule has 0 amide bonds. The van der Waals surface area contributed by atoms with Gasteiger partial charge < -0.3 is 15.4 Å². The zero-order valence-electron chi connectivity index (χ0n) is 11.1. The van der Waals surface area contributed by atoms with E-state index in [1.165, 1.54) is 30.5 Å². The van der Waals surface area contributed by atoms with E-state index in [1.54, 1.807) is 0 Å². The van der Waals surface area contributed by atoms with Gasteiger partial charge in [-0.25, -0.2) is 0 Å². The predicted octanol–water partition coefficient (Wildman–Crippen LogP) is 2.60. The summed E-state index contributed by atoms with van der Waals surface area (Å²) in [4.78, 5) is 2.50. The molecule has 0 aromatic heterocycles. The maximum Gasteiger partial charge on any atom is 0.0779 e. The number of anilines is 1. The van der Waals surface area contributed by atoms with Crippen LogP contribution in [0.4, 0.5) is 5.69 Å². The smallest absolute Gasteiger partial charge is 0.0779 e. The van der Waals surface area contributed by atoms with Crippen LogP contribution in [-0.4, -0.2) is 31.8 Å². The molecule has 19 heavy (non-hydrogen) atoms. The van der Waals surface area contributed by atoms with Gasteiger partial charge in [0.25, 0.3) is 0 Å². The molecule has 1 heterocycles. The van der Waals surface area contributed by atoms with Gasteiger partial charge in [-0.05, 0) is 49.9 Å². The van der Waals surface area contributed by atoms with Gasteiger partial charge in [-0.2, -0.15) is 0 Å². The van der Waals surface area contributed by atoms with Crippen molar-refractivity contribution in [2.24, 2.45) is 5.73 Å². The number of morpholine rings is 1. The van der Waals surface area contributed by atoms with Crippen LogP contribution in [0.3, 0.4) is 0 Å². The molecule has 1 saturated heterocycles. The Bertz CT molecular complexity index is 452. The zero-order chi connectivity index (χ0) is 13.2. The molecule has 1 saturated carbocycles. The van der Waals surface area contributed by atoms with Gasteiger partial charge in [-0.15, -0.1) is 0 Å². The van der Waals surface area contributed by atoms with E-state index in [0.717, 1.165) is 24.6 Å². The highest BCUT2D eigenvalue weighted by Gasteiger charge is 2.36. The van der Waals surface area contributed by atoms with Crippen LogP contribution in [0.5, 0.6) is 0 Å². The molecule has 2 atom stereocenters. The average molecular weight is 281 g/mol. The van der Waals surface area contributed by atoms with Crippen molar-refractivity contribution < 1.29 is 4.74 Å². The quantitative estimate of drug-likeness (QED) is 0.925. The summed E-state index contributed by atoms with van der Waals surface area (Å²) in [6.07, 6.45) is 4.98. The number of nitrogens with two attached hydrogens (primary N) is 1. The Balaban J connectivity index is 1.93. The first-order valence-corrected chi connectivity index (χ1v) is 7.54. The molecule has 2 aliphatic rings. The summed E-state index contributed by atoms with van der Waals surface area (Å²) < 4.78 is 5.88. The number of hydrogen-bond donors (Lipinski definition) is 1. The van der Waals surface area contributed by atoms with Crippen LogP contribution in [0.15, 0.2) is 18.2 Å². The largest absolute Gasteiger partial charge is 0.374 e. The van der Waals surface area contributed by atoms with Crippen LogP contribution < -0.4 is 10.6 Å². The first kappa shape index (κ1) is 13.2. The lowest BCUT2D eigenvalue weighted by Crippen LogP contribution is -2.49. The fraction of sp³-hybridized carbons (Fsp3) is 0.600. The summed E-state index contributed by atoms with van der Waals surface area (Å²) in [5, 5.41) is 0.803. The number of hydrogen-bond acceptors (Lipinski definition) is 3. The van der Waals surface area contributed by atoms with E-state index >= 15 is 0 Å². The first-order chi connectivity index (χ1) is 9.29. The Labute approximate surface area is 119 Å². The molecule has 0 bridgehead atoms. The highest BCUT2D eigenvalue weighted by atomic mass is 35.5. The molecule has 3 rings (SSSR count). The van der Waals surface area contributed by atoms with Crippen molar-refractivity contribution in [3.63, 3.8) is 0 Å². The number of nitrogens with zero attached hydrogens (tertiary/aromatic N) is 1. The lowest BCUT2D eigenvalue weighted by Gasteiger charge is -2.40. The van der Waals surface area contributed by atoms with Crippen molar-refractivity contribution >= 4 is 17.3 Å². The Morgan fingerprint density at radius 2 is 2.26 bits per heavy atom. The van der Waals surface area contributed by atoms with E-state index < -0.39 is 0 Å². The van der Waals surface area contributed by atoms with Gasteiger partial charge in [0.2, 0.25) is 0 Å². The molecule has 104 valence electrons. The minimum atomic E-state index is 0.401. The van der Waals surface area contributed by atoms with Gasteiger partial charge in [-0.3, -0.25) is 0 Å². The van der Waals surface area contributed by atoms with Gasteiger partial charge in [0.05, 0.1) is 18.8 Å². The third-order valence-corrected chi connectivity index (χ3v) is 4.49. The fourth-order valence-corrected chi connectivity index (χ4v) is 3.56.